The summed E-state index contributed by atoms with van der Waals surface area (Å²) in [5.41, 5.74) is 17.6. The second-order valence-electron chi connectivity index (χ2n) is 14.4. The Morgan fingerprint density at radius 3 is 1.57 bits per heavy atom. The van der Waals surface area contributed by atoms with E-state index in [0.717, 1.165) is 6.42 Å². The maximum Gasteiger partial charge on any atom is -1.00 e. The van der Waals surface area contributed by atoms with Crippen LogP contribution in [-0.4, -0.2) is 0 Å². The summed E-state index contributed by atoms with van der Waals surface area (Å²) in [5, 5.41) is 0. The zero-order valence-electron chi connectivity index (χ0n) is 27.0. The van der Waals surface area contributed by atoms with Crippen molar-refractivity contribution in [2.24, 2.45) is 0 Å². The summed E-state index contributed by atoms with van der Waals surface area (Å²) in [5.74, 6) is 0.973. The van der Waals surface area contributed by atoms with E-state index in [4.69, 9.17) is 0 Å². The third-order valence-electron chi connectivity index (χ3n) is 8.68. The number of rotatable bonds is 4. The molecule has 1 aliphatic rings. The molecular formula is C39H45Cl2Zr. The monoisotopic (exact) mass is 673 g/mol. The Morgan fingerprint density at radius 1 is 0.571 bits per heavy atom. The predicted octanol–water partition coefficient (Wildman–Crippen LogP) is 4.61. The molecule has 0 radical (unpaired) electrons. The summed E-state index contributed by atoms with van der Waals surface area (Å²) in [4.78, 5) is 0. The van der Waals surface area contributed by atoms with Gasteiger partial charge in [-0.25, -0.2) is 0 Å². The maximum absolute atomic E-state index is 2.56. The molecule has 4 aromatic carbocycles. The van der Waals surface area contributed by atoms with Crippen LogP contribution in [-0.2, 0) is 42.0 Å². The van der Waals surface area contributed by atoms with Gasteiger partial charge >= 0.3 is 260 Å². The summed E-state index contributed by atoms with van der Waals surface area (Å²) >= 11 is 1.50. The molecule has 0 aromatic heterocycles. The van der Waals surface area contributed by atoms with Gasteiger partial charge < -0.3 is 24.8 Å². The summed E-state index contributed by atoms with van der Waals surface area (Å²) in [7, 11) is 0. The first-order chi connectivity index (χ1) is 18.7. The fraction of sp³-hybridized carbons (Fsp3) is 0.385. The van der Waals surface area contributed by atoms with E-state index in [0.29, 0.717) is 11.8 Å². The first kappa shape index (κ1) is 34.8. The van der Waals surface area contributed by atoms with Crippen LogP contribution in [0.2, 0.25) is 0 Å². The van der Waals surface area contributed by atoms with Gasteiger partial charge in [-0.3, -0.25) is 0 Å². The molecule has 42 heavy (non-hydrogen) atoms. The molecule has 0 nitrogen and oxygen atoms in total. The molecule has 0 fully saturated rings. The predicted molar refractivity (Wildman–Crippen MR) is 171 cm³/mol. The summed E-state index contributed by atoms with van der Waals surface area (Å²) in [6.07, 6.45) is 1.02. The summed E-state index contributed by atoms with van der Waals surface area (Å²) in [6, 6.07) is 25.8. The van der Waals surface area contributed by atoms with Crippen molar-refractivity contribution in [2.75, 3.05) is 0 Å². The van der Waals surface area contributed by atoms with Gasteiger partial charge in [0, 0.05) is 0 Å². The average Bonchev–Trinajstić information content (AvgIpc) is 3.25. The second-order valence-corrected chi connectivity index (χ2v) is 15.6. The van der Waals surface area contributed by atoms with E-state index >= 15 is 0 Å². The molecule has 0 amide bonds. The van der Waals surface area contributed by atoms with E-state index in [2.05, 4.69) is 136 Å². The molecule has 1 aliphatic carbocycles. The zero-order valence-corrected chi connectivity index (χ0v) is 30.9. The van der Waals surface area contributed by atoms with Crippen molar-refractivity contribution in [1.82, 2.24) is 0 Å². The second kappa shape index (κ2) is 12.8. The van der Waals surface area contributed by atoms with Crippen LogP contribution >= 0.6 is 0 Å². The molecule has 0 saturated carbocycles. The molecule has 0 aliphatic heterocycles. The summed E-state index contributed by atoms with van der Waals surface area (Å²) < 4.78 is 1.54. The molecule has 0 heterocycles. The van der Waals surface area contributed by atoms with Crippen molar-refractivity contribution in [3.63, 3.8) is 0 Å². The SMILES string of the molecule is CC(C)c1ccccc1-c1cc2c(cc1C(C)(C)C)-c1cc(C(C)(C)C)c(-c3ccccc3C(C)C)[c]([Zr+2])c1C2.[Cl-].[Cl-]. The molecule has 0 unspecified atom stereocenters. The van der Waals surface area contributed by atoms with Crippen molar-refractivity contribution in [3.8, 4) is 33.4 Å². The molecule has 3 heteroatoms. The zero-order chi connectivity index (χ0) is 29.1. The number of hydrogen-bond donors (Lipinski definition) is 0. The van der Waals surface area contributed by atoms with Crippen LogP contribution in [0.5, 0.6) is 0 Å². The molecule has 0 N–H and O–H groups in total. The Bertz CT molecular complexity index is 1600. The van der Waals surface area contributed by atoms with E-state index in [-0.39, 0.29) is 35.6 Å². The molecule has 4 aromatic rings. The Hall–Kier alpha value is -1.66. The van der Waals surface area contributed by atoms with Crippen molar-refractivity contribution in [1.29, 1.82) is 0 Å². The van der Waals surface area contributed by atoms with Crippen molar-refractivity contribution in [3.05, 3.63) is 100 Å². The molecule has 0 atom stereocenters. The first-order valence-corrected chi connectivity index (χ1v) is 16.2. The van der Waals surface area contributed by atoms with Gasteiger partial charge in [0.2, 0.25) is 0 Å². The van der Waals surface area contributed by atoms with Crippen molar-refractivity contribution in [2.45, 2.75) is 98.3 Å². The van der Waals surface area contributed by atoms with Gasteiger partial charge in [-0.2, -0.15) is 0 Å². The minimum Gasteiger partial charge on any atom is -1.00 e. The Balaban J connectivity index is 0.00000242. The minimum absolute atomic E-state index is 0. The third kappa shape index (κ3) is 6.27. The van der Waals surface area contributed by atoms with E-state index < -0.39 is 0 Å². The van der Waals surface area contributed by atoms with Crippen molar-refractivity contribution < 1.29 is 49.5 Å². The van der Waals surface area contributed by atoms with Gasteiger partial charge in [0.25, 0.3) is 0 Å². The largest absolute Gasteiger partial charge is 1.00 e. The Kier molecular flexibility index (Phi) is 10.6. The van der Waals surface area contributed by atoms with Crippen LogP contribution in [0, 0.1) is 0 Å². The number of benzene rings is 4. The van der Waals surface area contributed by atoms with E-state index in [1.54, 1.807) is 8.83 Å². The molecule has 0 saturated heterocycles. The van der Waals surface area contributed by atoms with Crippen LogP contribution in [0.3, 0.4) is 0 Å². The van der Waals surface area contributed by atoms with E-state index in [1.807, 2.05) is 0 Å². The number of halogens is 2. The van der Waals surface area contributed by atoms with Gasteiger partial charge in [-0.05, 0) is 0 Å². The molecule has 0 bridgehead atoms. The molecule has 5 rings (SSSR count). The quantitative estimate of drug-likeness (QED) is 0.261. The van der Waals surface area contributed by atoms with Gasteiger partial charge in [-0.15, -0.1) is 0 Å². The number of hydrogen-bond acceptors (Lipinski definition) is 0. The van der Waals surface area contributed by atoms with Crippen LogP contribution in [0.1, 0.15) is 114 Å². The van der Waals surface area contributed by atoms with Gasteiger partial charge in [0.15, 0.2) is 0 Å². The normalized spacial score (nSPS) is 12.6. The minimum atomic E-state index is 0. The van der Waals surface area contributed by atoms with E-state index in [9.17, 15) is 0 Å². The first-order valence-electron chi connectivity index (χ1n) is 15.0. The van der Waals surface area contributed by atoms with Crippen LogP contribution < -0.4 is 28.1 Å². The fourth-order valence-corrected chi connectivity index (χ4v) is 7.78. The molecule has 0 spiro atoms. The van der Waals surface area contributed by atoms with Crippen LogP contribution in [0.4, 0.5) is 0 Å². The van der Waals surface area contributed by atoms with Gasteiger partial charge in [0.1, 0.15) is 0 Å². The standard InChI is InChI=1S/C39H45.2ClH.Zr/c1-24(2)28-15-11-13-17-30(28)34-20-26-19-27-21-35(31-18-14-12-16-29(31)25(3)4)37(39(8,9)10)23-33(27)32(26)22-36(34)38(5,6)7;;;/h11-18,20,22-25H,19H2,1-10H3;2*1H;/q;;;+2/p-2. The summed E-state index contributed by atoms with van der Waals surface area (Å²) in [6.45, 7) is 23.5. The fourth-order valence-electron chi connectivity index (χ4n) is 6.57. The van der Waals surface area contributed by atoms with Gasteiger partial charge in [-0.1, -0.05) is 0 Å². The molecule has 219 valence electrons. The van der Waals surface area contributed by atoms with Crippen LogP contribution in [0.25, 0.3) is 33.4 Å². The van der Waals surface area contributed by atoms with Crippen molar-refractivity contribution >= 4 is 3.27 Å². The smallest absolute Gasteiger partial charge is 1.00 e. The molecular weight excluding hydrogens is 631 g/mol. The topological polar surface area (TPSA) is 0 Å². The van der Waals surface area contributed by atoms with Gasteiger partial charge in [0.05, 0.1) is 0 Å². The average molecular weight is 676 g/mol. The maximum atomic E-state index is 2.56. The van der Waals surface area contributed by atoms with Crippen LogP contribution in [0.15, 0.2) is 66.7 Å². The Morgan fingerprint density at radius 2 is 1.05 bits per heavy atom. The number of fused-ring (bicyclic) bond motifs is 3. The third-order valence-corrected chi connectivity index (χ3v) is 10.0. The Labute approximate surface area is 282 Å². The van der Waals surface area contributed by atoms with E-state index in [1.165, 1.54) is 85.9 Å².